The van der Waals surface area contributed by atoms with Gasteiger partial charge in [-0.1, -0.05) is 19.9 Å². The predicted molar refractivity (Wildman–Crippen MR) is 63.0 cm³/mol. The molecule has 1 aromatic rings. The number of ether oxygens (including phenoxy) is 2. The first kappa shape index (κ1) is 13.2. The Balaban J connectivity index is 2.86. The summed E-state index contributed by atoms with van der Waals surface area (Å²) >= 11 is 0. The topological polar surface area (TPSA) is 52.6 Å². The van der Waals surface area contributed by atoms with Crippen molar-refractivity contribution >= 4 is 11.9 Å². The molecule has 0 saturated heterocycles. The summed E-state index contributed by atoms with van der Waals surface area (Å²) in [5.41, 5.74) is 0.822. The average molecular weight is 236 g/mol. The maximum Gasteiger partial charge on any atom is 0.310 e. The first-order valence-electron chi connectivity index (χ1n) is 5.58. The molecule has 92 valence electrons. The maximum atomic E-state index is 11.2. The third-order valence-electron chi connectivity index (χ3n) is 2.19. The molecule has 0 aromatic heterocycles. The highest BCUT2D eigenvalue weighted by atomic mass is 16.5. The van der Waals surface area contributed by atoms with Gasteiger partial charge in [0.25, 0.3) is 0 Å². The number of hydrogen-bond donors (Lipinski definition) is 0. The fourth-order valence-corrected chi connectivity index (χ4v) is 1.15. The highest BCUT2D eigenvalue weighted by molar-refractivity contribution is 5.74. The zero-order chi connectivity index (χ0) is 12.8. The second-order valence-corrected chi connectivity index (χ2v) is 3.58. The van der Waals surface area contributed by atoms with Gasteiger partial charge in [-0.2, -0.15) is 0 Å². The van der Waals surface area contributed by atoms with Gasteiger partial charge < -0.3 is 9.47 Å². The fraction of sp³-hybridized carbons (Fsp3) is 0.385. The Hall–Kier alpha value is -1.84. The molecule has 0 spiro atoms. The molecule has 0 atom stereocenters. The van der Waals surface area contributed by atoms with Crippen molar-refractivity contribution in [1.29, 1.82) is 0 Å². The van der Waals surface area contributed by atoms with Crippen LogP contribution >= 0.6 is 0 Å². The van der Waals surface area contributed by atoms with Crippen molar-refractivity contribution in [2.75, 3.05) is 0 Å². The third-order valence-corrected chi connectivity index (χ3v) is 2.19. The van der Waals surface area contributed by atoms with Crippen molar-refractivity contribution in [2.24, 2.45) is 0 Å². The van der Waals surface area contributed by atoms with Gasteiger partial charge in [0.05, 0.1) is 0 Å². The van der Waals surface area contributed by atoms with E-state index < -0.39 is 0 Å². The van der Waals surface area contributed by atoms with E-state index in [2.05, 4.69) is 0 Å². The minimum Gasteiger partial charge on any atom is -0.426 e. The quantitative estimate of drug-likeness (QED) is 0.595. The summed E-state index contributed by atoms with van der Waals surface area (Å²) in [6.07, 6.45) is 0.608. The molecule has 0 unspecified atom stereocenters. The van der Waals surface area contributed by atoms with Gasteiger partial charge in [-0.05, 0) is 18.6 Å². The molecule has 17 heavy (non-hydrogen) atoms. The van der Waals surface area contributed by atoms with E-state index in [9.17, 15) is 9.59 Å². The van der Waals surface area contributed by atoms with E-state index in [4.69, 9.17) is 9.47 Å². The summed E-state index contributed by atoms with van der Waals surface area (Å²) in [7, 11) is 0. The summed E-state index contributed by atoms with van der Waals surface area (Å²) in [5, 5.41) is 0. The van der Waals surface area contributed by atoms with Crippen LogP contribution in [0.15, 0.2) is 18.2 Å². The van der Waals surface area contributed by atoms with E-state index >= 15 is 0 Å². The lowest BCUT2D eigenvalue weighted by atomic mass is 10.2. The van der Waals surface area contributed by atoms with E-state index in [1.54, 1.807) is 32.0 Å². The molecule has 1 rings (SSSR count). The minimum atomic E-state index is -0.318. The second-order valence-electron chi connectivity index (χ2n) is 3.58. The Morgan fingerprint density at radius 1 is 1.06 bits per heavy atom. The summed E-state index contributed by atoms with van der Waals surface area (Å²) in [6.45, 7) is 5.26. The Morgan fingerprint density at radius 3 is 2.24 bits per heavy atom. The van der Waals surface area contributed by atoms with Crippen LogP contribution in [0.1, 0.15) is 32.3 Å². The van der Waals surface area contributed by atoms with Crippen LogP contribution in [0, 0.1) is 6.92 Å². The molecule has 0 radical (unpaired) electrons. The molecule has 0 heterocycles. The first-order chi connectivity index (χ1) is 8.06. The van der Waals surface area contributed by atoms with Crippen LogP contribution in [-0.2, 0) is 9.59 Å². The van der Waals surface area contributed by atoms with E-state index in [-0.39, 0.29) is 11.9 Å². The molecule has 0 N–H and O–H groups in total. The van der Waals surface area contributed by atoms with E-state index in [1.807, 2.05) is 6.92 Å². The number of carbonyl (C=O) groups excluding carboxylic acids is 2. The van der Waals surface area contributed by atoms with Crippen molar-refractivity contribution in [3.63, 3.8) is 0 Å². The zero-order valence-corrected chi connectivity index (χ0v) is 10.3. The molecule has 0 aliphatic rings. The predicted octanol–water partition coefficient (Wildman–Crippen LogP) is 2.63. The molecular formula is C13H16O4. The van der Waals surface area contributed by atoms with Crippen LogP contribution in [0.25, 0.3) is 0 Å². The van der Waals surface area contributed by atoms with Crippen LogP contribution in [0.4, 0.5) is 0 Å². The molecule has 0 amide bonds. The average Bonchev–Trinajstić information content (AvgIpc) is 2.33. The number of hydrogen-bond acceptors (Lipinski definition) is 4. The Kier molecular flexibility index (Phi) is 4.69. The molecule has 0 fully saturated rings. The smallest absolute Gasteiger partial charge is 0.310 e. The van der Waals surface area contributed by atoms with Crippen LogP contribution in [0.2, 0.25) is 0 Å². The molecule has 0 aliphatic heterocycles. The number of carbonyl (C=O) groups is 2. The molecule has 0 aliphatic carbocycles. The molecular weight excluding hydrogens is 220 g/mol. The van der Waals surface area contributed by atoms with Crippen molar-refractivity contribution in [1.82, 2.24) is 0 Å². The van der Waals surface area contributed by atoms with Gasteiger partial charge in [0.2, 0.25) is 0 Å². The van der Waals surface area contributed by atoms with Crippen LogP contribution < -0.4 is 9.47 Å². The van der Waals surface area contributed by atoms with E-state index in [0.717, 1.165) is 5.56 Å². The van der Waals surface area contributed by atoms with Crippen molar-refractivity contribution in [3.8, 4) is 11.5 Å². The summed E-state index contributed by atoms with van der Waals surface area (Å²) in [5.74, 6) is 0.188. The molecule has 0 saturated carbocycles. The summed E-state index contributed by atoms with van der Waals surface area (Å²) in [6, 6.07) is 4.97. The fourth-order valence-electron chi connectivity index (χ4n) is 1.15. The Morgan fingerprint density at radius 2 is 1.65 bits per heavy atom. The van der Waals surface area contributed by atoms with Gasteiger partial charge in [-0.25, -0.2) is 0 Å². The molecule has 4 nitrogen and oxygen atoms in total. The normalized spacial score (nSPS) is 9.82. The zero-order valence-electron chi connectivity index (χ0n) is 10.3. The number of rotatable bonds is 4. The summed E-state index contributed by atoms with van der Waals surface area (Å²) in [4.78, 5) is 22.3. The van der Waals surface area contributed by atoms with Gasteiger partial charge >= 0.3 is 11.9 Å². The van der Waals surface area contributed by atoms with Gasteiger partial charge in [0, 0.05) is 18.9 Å². The van der Waals surface area contributed by atoms with E-state index in [0.29, 0.717) is 24.3 Å². The highest BCUT2D eigenvalue weighted by Crippen LogP contribution is 2.24. The lowest BCUT2D eigenvalue weighted by Gasteiger charge is -2.09. The molecule has 4 heteroatoms. The van der Waals surface area contributed by atoms with Gasteiger partial charge in [0.15, 0.2) is 0 Å². The SMILES string of the molecule is CCC(=O)Oc1ccc(C)c(OC(=O)CC)c1. The van der Waals surface area contributed by atoms with Crippen molar-refractivity contribution in [3.05, 3.63) is 23.8 Å². The van der Waals surface area contributed by atoms with E-state index in [1.165, 1.54) is 0 Å². The highest BCUT2D eigenvalue weighted by Gasteiger charge is 2.08. The van der Waals surface area contributed by atoms with Gasteiger partial charge in [-0.15, -0.1) is 0 Å². The van der Waals surface area contributed by atoms with Crippen LogP contribution in [0.3, 0.4) is 0 Å². The van der Waals surface area contributed by atoms with Gasteiger partial charge in [-0.3, -0.25) is 9.59 Å². The summed E-state index contributed by atoms with van der Waals surface area (Å²) < 4.78 is 10.2. The lowest BCUT2D eigenvalue weighted by Crippen LogP contribution is -2.08. The molecule has 1 aromatic carbocycles. The number of aryl methyl sites for hydroxylation is 1. The van der Waals surface area contributed by atoms with Gasteiger partial charge in [0.1, 0.15) is 11.5 Å². The standard InChI is InChI=1S/C13H16O4/c1-4-12(14)16-10-7-6-9(3)11(8-10)17-13(15)5-2/h6-8H,4-5H2,1-3H3. The second kappa shape index (κ2) is 6.03. The number of esters is 2. The molecule has 0 bridgehead atoms. The van der Waals surface area contributed by atoms with Crippen LogP contribution in [0.5, 0.6) is 11.5 Å². The van der Waals surface area contributed by atoms with Crippen LogP contribution in [-0.4, -0.2) is 11.9 Å². The monoisotopic (exact) mass is 236 g/mol. The third kappa shape index (κ3) is 3.90. The first-order valence-corrected chi connectivity index (χ1v) is 5.58. The Bertz CT molecular complexity index is 423. The largest absolute Gasteiger partial charge is 0.426 e. The lowest BCUT2D eigenvalue weighted by molar-refractivity contribution is -0.134. The maximum absolute atomic E-state index is 11.2. The van der Waals surface area contributed by atoms with Crippen molar-refractivity contribution in [2.45, 2.75) is 33.6 Å². The minimum absolute atomic E-state index is 0.304. The van der Waals surface area contributed by atoms with Crippen molar-refractivity contribution < 1.29 is 19.1 Å². The Labute approximate surface area is 101 Å². The number of benzene rings is 1.